The van der Waals surface area contributed by atoms with Gasteiger partial charge in [0.15, 0.2) is 0 Å². The fraction of sp³-hybridized carbons (Fsp3) is 0.500. The first-order valence-electron chi connectivity index (χ1n) is 5.57. The number of benzene rings is 1. The lowest BCUT2D eigenvalue weighted by atomic mass is 10.0. The van der Waals surface area contributed by atoms with Crippen molar-refractivity contribution in [3.05, 3.63) is 23.0 Å². The zero-order valence-corrected chi connectivity index (χ0v) is 10.8. The van der Waals surface area contributed by atoms with Crippen LogP contribution in [-0.4, -0.2) is 17.8 Å². The molecule has 5 heteroatoms. The number of nitrogens with two attached hydrogens (primary N) is 1. The predicted molar refractivity (Wildman–Crippen MR) is 69.8 cm³/mol. The SMILES string of the molecule is CC(C)C(CCO)Nc1cc(F)c(Cl)cc1N. The monoisotopic (exact) mass is 260 g/mol. The Morgan fingerprint density at radius 1 is 1.47 bits per heavy atom. The number of hydrogen-bond donors (Lipinski definition) is 3. The van der Waals surface area contributed by atoms with E-state index in [-0.39, 0.29) is 17.7 Å². The molecule has 0 aliphatic heterocycles. The molecule has 1 aromatic rings. The molecule has 0 spiro atoms. The second-order valence-electron chi connectivity index (χ2n) is 4.36. The predicted octanol–water partition coefficient (Wildman–Crippen LogP) is 2.88. The number of hydrogen-bond acceptors (Lipinski definition) is 3. The van der Waals surface area contributed by atoms with E-state index < -0.39 is 5.82 Å². The van der Waals surface area contributed by atoms with Crippen LogP contribution in [0.5, 0.6) is 0 Å². The van der Waals surface area contributed by atoms with Crippen LogP contribution in [0.2, 0.25) is 5.02 Å². The van der Waals surface area contributed by atoms with Gasteiger partial charge in [0.2, 0.25) is 0 Å². The quantitative estimate of drug-likeness (QED) is 0.714. The molecule has 0 saturated carbocycles. The van der Waals surface area contributed by atoms with Crippen molar-refractivity contribution in [2.24, 2.45) is 5.92 Å². The van der Waals surface area contributed by atoms with Gasteiger partial charge in [0, 0.05) is 18.7 Å². The van der Waals surface area contributed by atoms with Crippen molar-refractivity contribution >= 4 is 23.0 Å². The topological polar surface area (TPSA) is 58.3 Å². The molecule has 0 bridgehead atoms. The van der Waals surface area contributed by atoms with Gasteiger partial charge in [-0.05, 0) is 18.4 Å². The van der Waals surface area contributed by atoms with Gasteiger partial charge in [-0.15, -0.1) is 0 Å². The molecule has 0 aromatic heterocycles. The lowest BCUT2D eigenvalue weighted by Crippen LogP contribution is -2.27. The Balaban J connectivity index is 2.89. The first-order chi connectivity index (χ1) is 7.95. The molecule has 1 unspecified atom stereocenters. The molecule has 0 fully saturated rings. The van der Waals surface area contributed by atoms with Gasteiger partial charge in [0.1, 0.15) is 5.82 Å². The highest BCUT2D eigenvalue weighted by atomic mass is 35.5. The Hall–Kier alpha value is -1.00. The Morgan fingerprint density at radius 2 is 2.12 bits per heavy atom. The Bertz CT molecular complexity index is 385. The maximum atomic E-state index is 13.3. The zero-order valence-electron chi connectivity index (χ0n) is 10.0. The normalized spacial score (nSPS) is 12.8. The first-order valence-corrected chi connectivity index (χ1v) is 5.95. The number of aliphatic hydroxyl groups is 1. The van der Waals surface area contributed by atoms with Crippen molar-refractivity contribution in [2.75, 3.05) is 17.7 Å². The van der Waals surface area contributed by atoms with E-state index in [2.05, 4.69) is 5.32 Å². The van der Waals surface area contributed by atoms with Gasteiger partial charge < -0.3 is 16.2 Å². The number of halogens is 2. The van der Waals surface area contributed by atoms with Crippen molar-refractivity contribution in [1.82, 2.24) is 0 Å². The molecule has 0 saturated heterocycles. The highest BCUT2D eigenvalue weighted by molar-refractivity contribution is 6.31. The molecule has 0 radical (unpaired) electrons. The molecule has 4 N–H and O–H groups in total. The Labute approximate surface area is 106 Å². The summed E-state index contributed by atoms with van der Waals surface area (Å²) in [7, 11) is 0. The van der Waals surface area contributed by atoms with E-state index in [1.807, 2.05) is 13.8 Å². The summed E-state index contributed by atoms with van der Waals surface area (Å²) in [6, 6.07) is 2.71. The summed E-state index contributed by atoms with van der Waals surface area (Å²) in [6.45, 7) is 4.12. The fourth-order valence-corrected chi connectivity index (χ4v) is 1.77. The molecular weight excluding hydrogens is 243 g/mol. The average molecular weight is 261 g/mol. The van der Waals surface area contributed by atoms with Crippen LogP contribution < -0.4 is 11.1 Å². The summed E-state index contributed by atoms with van der Waals surface area (Å²) in [6.07, 6.45) is 0.585. The number of aliphatic hydroxyl groups excluding tert-OH is 1. The van der Waals surface area contributed by atoms with Gasteiger partial charge in [0.25, 0.3) is 0 Å². The number of nitrogens with one attached hydrogen (secondary N) is 1. The third kappa shape index (κ3) is 3.75. The standard InChI is InChI=1S/C12H18ClFN2O/c1-7(2)11(3-4-17)16-12-6-9(14)8(13)5-10(12)15/h5-7,11,16-17H,3-4,15H2,1-2H3. The molecule has 0 amide bonds. The minimum absolute atomic E-state index is 0.0105. The Morgan fingerprint density at radius 3 is 2.65 bits per heavy atom. The van der Waals surface area contributed by atoms with Gasteiger partial charge in [0.05, 0.1) is 16.4 Å². The lowest BCUT2D eigenvalue weighted by Gasteiger charge is -2.23. The van der Waals surface area contributed by atoms with Crippen molar-refractivity contribution in [3.8, 4) is 0 Å². The molecule has 0 aliphatic rings. The second kappa shape index (κ2) is 6.07. The minimum Gasteiger partial charge on any atom is -0.397 e. The first kappa shape index (κ1) is 14.1. The summed E-state index contributed by atoms with van der Waals surface area (Å²) < 4.78 is 13.3. The van der Waals surface area contributed by atoms with Crippen LogP contribution in [0, 0.1) is 11.7 Å². The average Bonchev–Trinajstić information content (AvgIpc) is 2.24. The molecule has 17 heavy (non-hydrogen) atoms. The fourth-order valence-electron chi connectivity index (χ4n) is 1.60. The highest BCUT2D eigenvalue weighted by Crippen LogP contribution is 2.27. The van der Waals surface area contributed by atoms with Crippen molar-refractivity contribution < 1.29 is 9.50 Å². The van der Waals surface area contributed by atoms with Crippen LogP contribution in [0.15, 0.2) is 12.1 Å². The maximum Gasteiger partial charge on any atom is 0.143 e. The number of rotatable bonds is 5. The summed E-state index contributed by atoms with van der Waals surface area (Å²) in [5.74, 6) is -0.199. The van der Waals surface area contributed by atoms with Gasteiger partial charge in [-0.2, -0.15) is 0 Å². The molecule has 0 aliphatic carbocycles. The molecule has 3 nitrogen and oxygen atoms in total. The molecular formula is C12H18ClFN2O. The zero-order chi connectivity index (χ0) is 13.0. The summed E-state index contributed by atoms with van der Waals surface area (Å²) >= 11 is 5.62. The maximum absolute atomic E-state index is 13.3. The van der Waals surface area contributed by atoms with Gasteiger partial charge in [-0.3, -0.25) is 0 Å². The van der Waals surface area contributed by atoms with Crippen molar-refractivity contribution in [1.29, 1.82) is 0 Å². The molecule has 96 valence electrons. The van der Waals surface area contributed by atoms with E-state index in [1.165, 1.54) is 12.1 Å². The van der Waals surface area contributed by atoms with Crippen molar-refractivity contribution in [2.45, 2.75) is 26.3 Å². The van der Waals surface area contributed by atoms with Gasteiger partial charge in [-0.1, -0.05) is 25.4 Å². The van der Waals surface area contributed by atoms with E-state index in [0.29, 0.717) is 23.7 Å². The molecule has 1 aromatic carbocycles. The number of nitrogen functional groups attached to an aromatic ring is 1. The minimum atomic E-state index is -0.505. The van der Waals surface area contributed by atoms with E-state index in [4.69, 9.17) is 22.4 Å². The van der Waals surface area contributed by atoms with E-state index >= 15 is 0 Å². The largest absolute Gasteiger partial charge is 0.397 e. The molecule has 1 atom stereocenters. The van der Waals surface area contributed by atoms with Crippen LogP contribution in [0.25, 0.3) is 0 Å². The van der Waals surface area contributed by atoms with E-state index in [0.717, 1.165) is 0 Å². The van der Waals surface area contributed by atoms with Crippen LogP contribution in [0.1, 0.15) is 20.3 Å². The summed E-state index contributed by atoms with van der Waals surface area (Å²) in [5, 5.41) is 12.1. The summed E-state index contributed by atoms with van der Waals surface area (Å²) in [5.41, 5.74) is 6.67. The molecule has 0 heterocycles. The molecule has 1 rings (SSSR count). The number of anilines is 2. The van der Waals surface area contributed by atoms with Crippen molar-refractivity contribution in [3.63, 3.8) is 0 Å². The van der Waals surface area contributed by atoms with Crippen LogP contribution in [0.3, 0.4) is 0 Å². The lowest BCUT2D eigenvalue weighted by molar-refractivity contribution is 0.267. The second-order valence-corrected chi connectivity index (χ2v) is 4.77. The summed E-state index contributed by atoms with van der Waals surface area (Å²) in [4.78, 5) is 0. The van der Waals surface area contributed by atoms with E-state index in [9.17, 15) is 4.39 Å². The third-order valence-corrected chi connectivity index (χ3v) is 2.97. The smallest absolute Gasteiger partial charge is 0.143 e. The Kier molecular flexibility index (Phi) is 5.02. The van der Waals surface area contributed by atoms with E-state index in [1.54, 1.807) is 0 Å². The highest BCUT2D eigenvalue weighted by Gasteiger charge is 2.15. The van der Waals surface area contributed by atoms with Crippen LogP contribution in [0.4, 0.5) is 15.8 Å². The third-order valence-electron chi connectivity index (χ3n) is 2.68. The van der Waals surface area contributed by atoms with Crippen LogP contribution >= 0.6 is 11.6 Å². The van der Waals surface area contributed by atoms with Gasteiger partial charge in [-0.25, -0.2) is 4.39 Å². The van der Waals surface area contributed by atoms with Crippen LogP contribution in [-0.2, 0) is 0 Å². The van der Waals surface area contributed by atoms with Gasteiger partial charge >= 0.3 is 0 Å².